The van der Waals surface area contributed by atoms with Crippen LogP contribution in [0.4, 0.5) is 4.39 Å². The number of rotatable bonds is 4. The molecule has 8 heteroatoms. The van der Waals surface area contributed by atoms with Gasteiger partial charge < -0.3 is 9.84 Å². The zero-order valence-corrected chi connectivity index (χ0v) is 13.7. The molecule has 4 aromatic rings. The second kappa shape index (κ2) is 6.32. The fraction of sp³-hybridized carbons (Fsp3) is 0.0556. The molecule has 7 nitrogen and oxygen atoms in total. The lowest BCUT2D eigenvalue weighted by Crippen LogP contribution is -1.97. The summed E-state index contributed by atoms with van der Waals surface area (Å²) in [6.07, 6.45) is 6.48. The van der Waals surface area contributed by atoms with E-state index in [9.17, 15) is 9.50 Å². The number of phenolic OH excluding ortho intramolecular Hbond substituents is 1. The van der Waals surface area contributed by atoms with Gasteiger partial charge in [0, 0.05) is 11.8 Å². The lowest BCUT2D eigenvalue weighted by molar-refractivity contribution is 0.357. The topological polar surface area (TPSA) is 78.0 Å². The van der Waals surface area contributed by atoms with Crippen LogP contribution >= 0.6 is 0 Å². The number of ether oxygens (including phenoxy) is 1. The number of nitrogens with zero attached hydrogens (tertiary/aromatic N) is 5. The number of hydrogen-bond acceptors (Lipinski definition) is 5. The molecular formula is C18H14FN5O2. The van der Waals surface area contributed by atoms with Crippen molar-refractivity contribution < 1.29 is 14.2 Å². The summed E-state index contributed by atoms with van der Waals surface area (Å²) < 4.78 is 22.2. The van der Waals surface area contributed by atoms with Crippen molar-refractivity contribution >= 4 is 0 Å². The molecule has 130 valence electrons. The molecule has 0 bridgehead atoms. The van der Waals surface area contributed by atoms with E-state index in [1.54, 1.807) is 34.2 Å². The smallest absolute Gasteiger partial charge is 0.194 e. The SMILES string of the molecule is COc1cc(-c2cnn(-c3ccc(-n4cncn4)cc3)c2)cc(F)c1O. The second-order valence-electron chi connectivity index (χ2n) is 5.54. The summed E-state index contributed by atoms with van der Waals surface area (Å²) in [6.45, 7) is 0. The maximum absolute atomic E-state index is 13.9. The Kier molecular flexibility index (Phi) is 3.85. The molecule has 0 saturated carbocycles. The van der Waals surface area contributed by atoms with E-state index < -0.39 is 11.6 Å². The summed E-state index contributed by atoms with van der Waals surface area (Å²) in [6, 6.07) is 10.4. The largest absolute Gasteiger partial charge is 0.502 e. The van der Waals surface area contributed by atoms with E-state index in [1.165, 1.54) is 19.5 Å². The molecule has 2 aromatic heterocycles. The van der Waals surface area contributed by atoms with E-state index in [2.05, 4.69) is 15.2 Å². The second-order valence-corrected chi connectivity index (χ2v) is 5.54. The predicted octanol–water partition coefficient (Wildman–Crippen LogP) is 2.97. The minimum Gasteiger partial charge on any atom is -0.502 e. The van der Waals surface area contributed by atoms with Crippen LogP contribution in [0.5, 0.6) is 11.5 Å². The highest BCUT2D eigenvalue weighted by atomic mass is 19.1. The number of aromatic nitrogens is 5. The third-order valence-corrected chi connectivity index (χ3v) is 3.96. The van der Waals surface area contributed by atoms with Crippen LogP contribution in [0.2, 0.25) is 0 Å². The Morgan fingerprint density at radius 1 is 1.00 bits per heavy atom. The van der Waals surface area contributed by atoms with Crippen LogP contribution in [0, 0.1) is 5.82 Å². The van der Waals surface area contributed by atoms with Gasteiger partial charge in [-0.1, -0.05) is 0 Å². The quantitative estimate of drug-likeness (QED) is 0.612. The summed E-state index contributed by atoms with van der Waals surface area (Å²) in [7, 11) is 1.37. The Bertz CT molecular complexity index is 1040. The van der Waals surface area contributed by atoms with Crippen LogP contribution in [0.1, 0.15) is 0 Å². The van der Waals surface area contributed by atoms with Crippen molar-refractivity contribution in [3.05, 3.63) is 67.3 Å². The van der Waals surface area contributed by atoms with Gasteiger partial charge in [-0.2, -0.15) is 10.2 Å². The fourth-order valence-corrected chi connectivity index (χ4v) is 2.61. The van der Waals surface area contributed by atoms with E-state index in [4.69, 9.17) is 4.74 Å². The molecule has 1 N–H and O–H groups in total. The van der Waals surface area contributed by atoms with Gasteiger partial charge in [0.15, 0.2) is 17.3 Å². The van der Waals surface area contributed by atoms with Crippen LogP contribution in [-0.4, -0.2) is 36.8 Å². The summed E-state index contributed by atoms with van der Waals surface area (Å²) in [5.74, 6) is -1.18. The molecule has 0 aliphatic heterocycles. The Morgan fingerprint density at radius 3 is 2.38 bits per heavy atom. The third-order valence-electron chi connectivity index (χ3n) is 3.96. The maximum Gasteiger partial charge on any atom is 0.194 e. The Hall–Kier alpha value is -3.68. The van der Waals surface area contributed by atoms with Crippen LogP contribution in [0.15, 0.2) is 61.4 Å². The van der Waals surface area contributed by atoms with Gasteiger partial charge in [0.2, 0.25) is 0 Å². The molecule has 0 spiro atoms. The molecule has 0 aliphatic carbocycles. The molecule has 26 heavy (non-hydrogen) atoms. The summed E-state index contributed by atoms with van der Waals surface area (Å²) in [5, 5.41) is 18.0. The summed E-state index contributed by atoms with van der Waals surface area (Å²) >= 11 is 0. The lowest BCUT2D eigenvalue weighted by Gasteiger charge is -2.07. The number of halogens is 1. The van der Waals surface area contributed by atoms with E-state index in [0.29, 0.717) is 11.1 Å². The van der Waals surface area contributed by atoms with Crippen LogP contribution in [0.3, 0.4) is 0 Å². The van der Waals surface area contributed by atoms with E-state index in [-0.39, 0.29) is 5.75 Å². The predicted molar refractivity (Wildman–Crippen MR) is 92.1 cm³/mol. The fourth-order valence-electron chi connectivity index (χ4n) is 2.61. The highest BCUT2D eigenvalue weighted by molar-refractivity contribution is 5.66. The van der Waals surface area contributed by atoms with Gasteiger partial charge in [-0.3, -0.25) is 0 Å². The first-order valence-corrected chi connectivity index (χ1v) is 7.72. The highest BCUT2D eigenvalue weighted by Crippen LogP contribution is 2.34. The van der Waals surface area contributed by atoms with Gasteiger partial charge in [-0.05, 0) is 42.0 Å². The zero-order chi connectivity index (χ0) is 18.1. The molecule has 0 atom stereocenters. The average Bonchev–Trinajstić information content (AvgIpc) is 3.36. The number of hydrogen-bond donors (Lipinski definition) is 1. The molecule has 2 aromatic carbocycles. The molecule has 0 unspecified atom stereocenters. The minimum atomic E-state index is -0.746. The van der Waals surface area contributed by atoms with Crippen molar-refractivity contribution in [1.82, 2.24) is 24.5 Å². The number of phenols is 1. The molecule has 0 aliphatic rings. The van der Waals surface area contributed by atoms with Crippen molar-refractivity contribution in [2.24, 2.45) is 0 Å². The number of aromatic hydroxyl groups is 1. The summed E-state index contributed by atoms with van der Waals surface area (Å²) in [5.41, 5.74) is 2.97. The number of methoxy groups -OCH3 is 1. The van der Waals surface area contributed by atoms with Crippen molar-refractivity contribution in [2.45, 2.75) is 0 Å². The first-order chi connectivity index (χ1) is 12.7. The van der Waals surface area contributed by atoms with Gasteiger partial charge in [0.25, 0.3) is 0 Å². The molecule has 0 fully saturated rings. The molecule has 4 rings (SSSR count). The highest BCUT2D eigenvalue weighted by Gasteiger charge is 2.13. The Labute approximate surface area is 147 Å². The van der Waals surface area contributed by atoms with Gasteiger partial charge in [0.1, 0.15) is 12.7 Å². The third kappa shape index (κ3) is 2.77. The standard InChI is InChI=1S/C18H14FN5O2/c1-26-17-7-12(6-16(19)18(17)25)13-8-21-23(9-13)14-2-4-15(5-3-14)24-11-20-10-22-24/h2-11,25H,1H3. The van der Waals surface area contributed by atoms with Crippen LogP contribution < -0.4 is 4.74 Å². The van der Waals surface area contributed by atoms with Crippen molar-refractivity contribution in [1.29, 1.82) is 0 Å². The zero-order valence-electron chi connectivity index (χ0n) is 13.7. The Morgan fingerprint density at radius 2 is 1.73 bits per heavy atom. The minimum absolute atomic E-state index is 0.0740. The van der Waals surface area contributed by atoms with Crippen LogP contribution in [0.25, 0.3) is 22.5 Å². The molecule has 0 radical (unpaired) electrons. The molecular weight excluding hydrogens is 337 g/mol. The molecule has 0 saturated heterocycles. The van der Waals surface area contributed by atoms with E-state index >= 15 is 0 Å². The van der Waals surface area contributed by atoms with Crippen molar-refractivity contribution in [2.75, 3.05) is 7.11 Å². The van der Waals surface area contributed by atoms with Gasteiger partial charge in [-0.25, -0.2) is 18.7 Å². The van der Waals surface area contributed by atoms with Gasteiger partial charge in [-0.15, -0.1) is 0 Å². The van der Waals surface area contributed by atoms with E-state index in [0.717, 1.165) is 11.4 Å². The summed E-state index contributed by atoms with van der Waals surface area (Å²) in [4.78, 5) is 3.92. The Balaban J connectivity index is 1.65. The molecule has 2 heterocycles. The first kappa shape index (κ1) is 15.8. The van der Waals surface area contributed by atoms with Gasteiger partial charge in [0.05, 0.1) is 24.7 Å². The van der Waals surface area contributed by atoms with Crippen molar-refractivity contribution in [3.8, 4) is 34.0 Å². The monoisotopic (exact) mass is 351 g/mol. The van der Waals surface area contributed by atoms with E-state index in [1.807, 2.05) is 24.3 Å². The average molecular weight is 351 g/mol. The normalized spacial score (nSPS) is 10.8. The first-order valence-electron chi connectivity index (χ1n) is 7.72. The van der Waals surface area contributed by atoms with Crippen LogP contribution in [-0.2, 0) is 0 Å². The van der Waals surface area contributed by atoms with Crippen molar-refractivity contribution in [3.63, 3.8) is 0 Å². The molecule has 0 amide bonds. The maximum atomic E-state index is 13.9. The number of benzene rings is 2. The lowest BCUT2D eigenvalue weighted by atomic mass is 10.1. The van der Waals surface area contributed by atoms with Gasteiger partial charge >= 0.3 is 0 Å².